The zero-order valence-electron chi connectivity index (χ0n) is 14.0. The Kier molecular flexibility index (Phi) is 4.08. The Morgan fingerprint density at radius 2 is 2.00 bits per heavy atom. The third-order valence-corrected chi connectivity index (χ3v) is 5.07. The average Bonchev–Trinajstić information content (AvgIpc) is 3.07. The smallest absolute Gasteiger partial charge is 0.241 e. The molecule has 24 heavy (non-hydrogen) atoms. The van der Waals surface area contributed by atoms with Crippen molar-refractivity contribution in [1.29, 1.82) is 0 Å². The van der Waals surface area contributed by atoms with Gasteiger partial charge < -0.3 is 9.47 Å². The highest BCUT2D eigenvalue weighted by Gasteiger charge is 2.37. The van der Waals surface area contributed by atoms with Gasteiger partial charge >= 0.3 is 0 Å². The highest BCUT2D eigenvalue weighted by Crippen LogP contribution is 2.19. The molecule has 4 rings (SSSR count). The van der Waals surface area contributed by atoms with E-state index in [1.807, 2.05) is 42.5 Å². The maximum Gasteiger partial charge on any atom is 0.241 e. The second-order valence-electron chi connectivity index (χ2n) is 6.60. The van der Waals surface area contributed by atoms with E-state index in [0.717, 1.165) is 45.1 Å². The first kappa shape index (κ1) is 15.4. The first-order valence-electron chi connectivity index (χ1n) is 8.51. The summed E-state index contributed by atoms with van der Waals surface area (Å²) in [7, 11) is 1.91. The van der Waals surface area contributed by atoms with Crippen molar-refractivity contribution in [2.24, 2.45) is 0 Å². The quantitative estimate of drug-likeness (QED) is 0.839. The van der Waals surface area contributed by atoms with Gasteiger partial charge in [-0.25, -0.2) is 4.98 Å². The molecule has 0 aromatic carbocycles. The van der Waals surface area contributed by atoms with Crippen LogP contribution in [0.3, 0.4) is 0 Å². The van der Waals surface area contributed by atoms with E-state index >= 15 is 0 Å². The molecule has 0 saturated carbocycles. The number of hydrogen-bond acceptors (Lipinski definition) is 4. The Hall–Kier alpha value is -2.18. The van der Waals surface area contributed by atoms with E-state index in [4.69, 9.17) is 0 Å². The number of carbonyl (C=O) groups excluding carboxylic acids is 1. The number of fused-ring (bicyclic) bond motifs is 1. The Morgan fingerprint density at radius 3 is 2.83 bits per heavy atom. The fraction of sp³-hybridized carbons (Fsp3) is 0.444. The summed E-state index contributed by atoms with van der Waals surface area (Å²) in [5.74, 6) is 1.19. The van der Waals surface area contributed by atoms with E-state index in [1.54, 1.807) is 0 Å². The van der Waals surface area contributed by atoms with E-state index in [0.29, 0.717) is 0 Å². The number of likely N-dealkylation sites (N-methyl/N-ethyl adjacent to an activating group) is 1. The molecule has 2 aromatic heterocycles. The van der Waals surface area contributed by atoms with Crippen molar-refractivity contribution in [3.8, 4) is 5.82 Å². The van der Waals surface area contributed by atoms with Gasteiger partial charge in [-0.3, -0.25) is 14.6 Å². The van der Waals surface area contributed by atoms with Crippen molar-refractivity contribution in [2.75, 3.05) is 39.8 Å². The zero-order valence-corrected chi connectivity index (χ0v) is 14.0. The molecule has 0 radical (unpaired) electrons. The van der Waals surface area contributed by atoms with Crippen molar-refractivity contribution in [2.45, 2.75) is 12.6 Å². The molecular formula is C18H23N5O. The lowest BCUT2D eigenvalue weighted by molar-refractivity contribution is -0.143. The van der Waals surface area contributed by atoms with E-state index < -0.39 is 0 Å². The van der Waals surface area contributed by atoms with Crippen molar-refractivity contribution >= 4 is 5.91 Å². The van der Waals surface area contributed by atoms with Gasteiger partial charge in [0, 0.05) is 64.4 Å². The maximum atomic E-state index is 12.4. The lowest BCUT2D eigenvalue weighted by Gasteiger charge is -2.45. The van der Waals surface area contributed by atoms with E-state index in [9.17, 15) is 4.79 Å². The highest BCUT2D eigenvalue weighted by molar-refractivity contribution is 5.82. The van der Waals surface area contributed by atoms with Crippen LogP contribution in [0.25, 0.3) is 5.82 Å². The van der Waals surface area contributed by atoms with E-state index in [2.05, 4.69) is 31.5 Å². The molecule has 6 nitrogen and oxygen atoms in total. The summed E-state index contributed by atoms with van der Waals surface area (Å²) in [4.78, 5) is 23.5. The highest BCUT2D eigenvalue weighted by atomic mass is 16.2. The van der Waals surface area contributed by atoms with Gasteiger partial charge in [-0.05, 0) is 24.3 Å². The summed E-state index contributed by atoms with van der Waals surface area (Å²) in [6.07, 6.45) is 3.86. The van der Waals surface area contributed by atoms with Gasteiger partial charge in [-0.15, -0.1) is 0 Å². The lowest BCUT2D eigenvalue weighted by Crippen LogP contribution is -2.63. The monoisotopic (exact) mass is 325 g/mol. The van der Waals surface area contributed by atoms with Gasteiger partial charge in [0.15, 0.2) is 0 Å². The van der Waals surface area contributed by atoms with Crippen LogP contribution in [0.5, 0.6) is 0 Å². The molecule has 2 saturated heterocycles. The second kappa shape index (κ2) is 6.37. The molecule has 4 heterocycles. The van der Waals surface area contributed by atoms with Crippen LogP contribution < -0.4 is 0 Å². The Labute approximate surface area is 142 Å². The van der Waals surface area contributed by atoms with E-state index in [1.165, 1.54) is 5.69 Å². The Bertz CT molecular complexity index is 713. The van der Waals surface area contributed by atoms with Gasteiger partial charge in [-0.1, -0.05) is 6.07 Å². The summed E-state index contributed by atoms with van der Waals surface area (Å²) >= 11 is 0. The summed E-state index contributed by atoms with van der Waals surface area (Å²) < 4.78 is 2.13. The molecule has 2 fully saturated rings. The number of hydrogen-bond donors (Lipinski definition) is 0. The minimum atomic E-state index is 0.00997. The van der Waals surface area contributed by atoms with Gasteiger partial charge in [0.1, 0.15) is 11.9 Å². The predicted octanol–water partition coefficient (Wildman–Crippen LogP) is 0.830. The molecule has 0 aliphatic carbocycles. The molecule has 0 bridgehead atoms. The van der Waals surface area contributed by atoms with Crippen LogP contribution in [0, 0.1) is 0 Å². The predicted molar refractivity (Wildman–Crippen MR) is 91.8 cm³/mol. The number of aromatic nitrogens is 2. The van der Waals surface area contributed by atoms with Crippen molar-refractivity contribution in [3.63, 3.8) is 0 Å². The maximum absolute atomic E-state index is 12.4. The molecule has 0 unspecified atom stereocenters. The van der Waals surface area contributed by atoms with Crippen LogP contribution in [0.2, 0.25) is 0 Å². The molecule has 2 aromatic rings. The summed E-state index contributed by atoms with van der Waals surface area (Å²) in [5, 5.41) is 0. The van der Waals surface area contributed by atoms with Gasteiger partial charge in [0.25, 0.3) is 0 Å². The molecule has 126 valence electrons. The number of nitrogens with zero attached hydrogens (tertiary/aromatic N) is 5. The van der Waals surface area contributed by atoms with Crippen molar-refractivity contribution in [1.82, 2.24) is 24.3 Å². The standard InChI is InChI=1S/C18H23N5O/c1-20-9-11-22-12-10-21(14-16(22)18(20)24)13-15-5-4-8-23(15)17-6-2-3-7-19-17/h2-8,16H,9-14H2,1H3/t16-/m0/s1. The third-order valence-electron chi connectivity index (χ3n) is 5.07. The second-order valence-corrected chi connectivity index (χ2v) is 6.60. The SMILES string of the molecule is CN1CCN2CCN(Cc3cccn3-c3ccccn3)C[C@H]2C1=O. The largest absolute Gasteiger partial charge is 0.343 e. The summed E-state index contributed by atoms with van der Waals surface area (Å²) in [6.45, 7) is 5.44. The number of rotatable bonds is 3. The molecular weight excluding hydrogens is 302 g/mol. The van der Waals surface area contributed by atoms with Gasteiger partial charge in [-0.2, -0.15) is 0 Å². The normalized spacial score (nSPS) is 22.6. The first-order valence-corrected chi connectivity index (χ1v) is 8.51. The van der Waals surface area contributed by atoms with Crippen molar-refractivity contribution in [3.05, 3.63) is 48.4 Å². The molecule has 0 spiro atoms. The Balaban J connectivity index is 1.49. The number of piperazine rings is 2. The van der Waals surface area contributed by atoms with Gasteiger partial charge in [0.05, 0.1) is 0 Å². The molecule has 1 amide bonds. The van der Waals surface area contributed by atoms with Crippen LogP contribution in [0.4, 0.5) is 0 Å². The minimum Gasteiger partial charge on any atom is -0.343 e. The number of carbonyl (C=O) groups is 1. The Morgan fingerprint density at radius 1 is 1.12 bits per heavy atom. The zero-order chi connectivity index (χ0) is 16.5. The van der Waals surface area contributed by atoms with Crippen LogP contribution in [0.15, 0.2) is 42.7 Å². The lowest BCUT2D eigenvalue weighted by atomic mass is 10.1. The van der Waals surface area contributed by atoms with Crippen LogP contribution in [-0.2, 0) is 11.3 Å². The molecule has 2 aliphatic rings. The van der Waals surface area contributed by atoms with Gasteiger partial charge in [0.2, 0.25) is 5.91 Å². The van der Waals surface area contributed by atoms with Crippen LogP contribution >= 0.6 is 0 Å². The average molecular weight is 325 g/mol. The van der Waals surface area contributed by atoms with Crippen LogP contribution in [0.1, 0.15) is 5.69 Å². The fourth-order valence-corrected chi connectivity index (χ4v) is 3.66. The molecule has 6 heteroatoms. The molecule has 2 aliphatic heterocycles. The third kappa shape index (κ3) is 2.83. The summed E-state index contributed by atoms with van der Waals surface area (Å²) in [5.41, 5.74) is 1.21. The minimum absolute atomic E-state index is 0.00997. The van der Waals surface area contributed by atoms with E-state index in [-0.39, 0.29) is 11.9 Å². The van der Waals surface area contributed by atoms with Crippen LogP contribution in [-0.4, -0.2) is 76.0 Å². The fourth-order valence-electron chi connectivity index (χ4n) is 3.66. The van der Waals surface area contributed by atoms with Crippen molar-refractivity contribution < 1.29 is 4.79 Å². The summed E-state index contributed by atoms with van der Waals surface area (Å²) in [6, 6.07) is 10.1. The molecule has 1 atom stereocenters. The topological polar surface area (TPSA) is 44.6 Å². The number of amides is 1. The number of pyridine rings is 1. The first-order chi connectivity index (χ1) is 11.7. The molecule has 0 N–H and O–H groups in total.